The van der Waals surface area contributed by atoms with Crippen LogP contribution in [-0.4, -0.2) is 36.3 Å². The van der Waals surface area contributed by atoms with Crippen LogP contribution >= 0.6 is 38.6 Å². The van der Waals surface area contributed by atoms with Crippen LogP contribution < -0.4 is 4.80 Å². The Morgan fingerprint density at radius 2 is 2.11 bits per heavy atom. The molecule has 1 fully saturated rings. The Kier molecular flexibility index (Phi) is 5.58. The summed E-state index contributed by atoms with van der Waals surface area (Å²) in [6, 6.07) is 9.21. The fourth-order valence-corrected chi connectivity index (χ4v) is 7.83. The number of nitrogens with zero attached hydrogens (tertiary/aromatic N) is 3. The molecule has 10 heteroatoms. The van der Waals surface area contributed by atoms with E-state index in [1.807, 2.05) is 29.8 Å². The summed E-state index contributed by atoms with van der Waals surface area (Å²) in [4.78, 5) is 17.8. The van der Waals surface area contributed by atoms with Crippen molar-refractivity contribution in [2.45, 2.75) is 17.1 Å². The molecular formula is C18H18BrN3O3S3. The van der Waals surface area contributed by atoms with E-state index in [4.69, 9.17) is 0 Å². The Hall–Kier alpha value is -1.33. The average molecular weight is 500 g/mol. The molecule has 3 heterocycles. The highest BCUT2D eigenvalue weighted by Gasteiger charge is 2.33. The number of hydrogen-bond donors (Lipinski definition) is 0. The van der Waals surface area contributed by atoms with E-state index in [-0.39, 0.29) is 12.5 Å². The van der Waals surface area contributed by atoms with E-state index in [1.165, 1.54) is 27.0 Å². The van der Waals surface area contributed by atoms with E-state index in [2.05, 4.69) is 20.9 Å². The lowest BCUT2D eigenvalue weighted by Gasteiger charge is -2.29. The Bertz CT molecular complexity index is 1200. The molecule has 1 amide bonds. The van der Waals surface area contributed by atoms with Crippen LogP contribution in [0, 0.1) is 5.92 Å². The lowest BCUT2D eigenvalue weighted by atomic mass is 9.99. The minimum atomic E-state index is -3.54. The molecule has 0 bridgehead atoms. The zero-order valence-corrected chi connectivity index (χ0v) is 19.1. The summed E-state index contributed by atoms with van der Waals surface area (Å²) in [6.45, 7) is 0.620. The summed E-state index contributed by atoms with van der Waals surface area (Å²) in [7, 11) is -1.66. The molecule has 6 nitrogen and oxygen atoms in total. The number of aryl methyl sites for hydroxylation is 1. The number of amides is 1. The molecule has 28 heavy (non-hydrogen) atoms. The maximum atomic E-state index is 12.8. The number of rotatable bonds is 3. The van der Waals surface area contributed by atoms with Gasteiger partial charge in [0.15, 0.2) is 4.80 Å². The van der Waals surface area contributed by atoms with Gasteiger partial charge in [-0.3, -0.25) is 4.79 Å². The first kappa shape index (κ1) is 20.0. The molecule has 1 atom stereocenters. The number of aromatic nitrogens is 1. The largest absolute Gasteiger partial charge is 0.318 e. The molecule has 0 N–H and O–H groups in total. The molecule has 1 saturated heterocycles. The number of carbonyl (C=O) groups is 1. The van der Waals surface area contributed by atoms with Crippen molar-refractivity contribution >= 4 is 64.8 Å². The minimum Gasteiger partial charge on any atom is -0.318 e. The first-order chi connectivity index (χ1) is 13.4. The number of para-hydroxylation sites is 1. The molecule has 1 aliphatic rings. The summed E-state index contributed by atoms with van der Waals surface area (Å²) in [5.41, 5.74) is 0.990. The molecular weight excluding hydrogens is 482 g/mol. The Balaban J connectivity index is 1.61. The zero-order valence-electron chi connectivity index (χ0n) is 15.0. The third-order valence-corrected chi connectivity index (χ3v) is 9.78. The molecule has 0 spiro atoms. The number of benzene rings is 1. The van der Waals surface area contributed by atoms with Crippen LogP contribution in [0.5, 0.6) is 0 Å². The molecule has 2 aromatic heterocycles. The van der Waals surface area contributed by atoms with Crippen LogP contribution in [0.1, 0.15) is 12.8 Å². The predicted molar refractivity (Wildman–Crippen MR) is 115 cm³/mol. The van der Waals surface area contributed by atoms with Gasteiger partial charge in [0.1, 0.15) is 4.21 Å². The van der Waals surface area contributed by atoms with Crippen LogP contribution in [0.3, 0.4) is 0 Å². The predicted octanol–water partition coefficient (Wildman–Crippen LogP) is 3.59. The van der Waals surface area contributed by atoms with Gasteiger partial charge in [-0.05, 0) is 52.4 Å². The number of hydrogen-bond acceptors (Lipinski definition) is 5. The quantitative estimate of drug-likeness (QED) is 0.552. The summed E-state index contributed by atoms with van der Waals surface area (Å²) in [6.07, 6.45) is 1.30. The third-order valence-electron chi connectivity index (χ3n) is 4.80. The molecule has 1 unspecified atom stereocenters. The van der Waals surface area contributed by atoms with E-state index >= 15 is 0 Å². The van der Waals surface area contributed by atoms with Gasteiger partial charge in [0.25, 0.3) is 15.9 Å². The van der Waals surface area contributed by atoms with E-state index in [9.17, 15) is 13.2 Å². The summed E-state index contributed by atoms with van der Waals surface area (Å²) >= 11 is 6.19. The number of sulfonamides is 1. The number of fused-ring (bicyclic) bond motifs is 1. The molecule has 3 aromatic rings. The van der Waals surface area contributed by atoms with Crippen molar-refractivity contribution in [1.29, 1.82) is 0 Å². The zero-order chi connectivity index (χ0) is 19.9. The van der Waals surface area contributed by atoms with Gasteiger partial charge in [-0.1, -0.05) is 23.5 Å². The Labute approximate surface area is 179 Å². The highest BCUT2D eigenvalue weighted by molar-refractivity contribution is 9.10. The molecule has 0 saturated carbocycles. The number of thiophene rings is 1. The van der Waals surface area contributed by atoms with Gasteiger partial charge in [-0.2, -0.15) is 9.30 Å². The van der Waals surface area contributed by atoms with Crippen molar-refractivity contribution in [2.24, 2.45) is 18.0 Å². The summed E-state index contributed by atoms with van der Waals surface area (Å²) in [5, 5.41) is 1.74. The van der Waals surface area contributed by atoms with E-state index in [0.29, 0.717) is 28.4 Å². The van der Waals surface area contributed by atoms with Crippen LogP contribution in [-0.2, 0) is 21.9 Å². The number of thiazole rings is 1. The normalized spacial score (nSPS) is 19.4. The first-order valence-electron chi connectivity index (χ1n) is 8.74. The molecule has 0 radical (unpaired) electrons. The van der Waals surface area contributed by atoms with Crippen molar-refractivity contribution in [3.63, 3.8) is 0 Å². The maximum Gasteiger partial charge on any atom is 0.252 e. The average Bonchev–Trinajstić information content (AvgIpc) is 3.32. The van der Waals surface area contributed by atoms with Gasteiger partial charge >= 0.3 is 0 Å². The second-order valence-electron chi connectivity index (χ2n) is 6.61. The minimum absolute atomic E-state index is 0.181. The molecule has 1 aromatic carbocycles. The monoisotopic (exact) mass is 499 g/mol. The molecule has 4 rings (SSSR count). The number of halogens is 1. The van der Waals surface area contributed by atoms with Crippen LogP contribution in [0.25, 0.3) is 10.2 Å². The van der Waals surface area contributed by atoms with Gasteiger partial charge in [0.2, 0.25) is 0 Å². The lowest BCUT2D eigenvalue weighted by molar-refractivity contribution is -0.122. The lowest BCUT2D eigenvalue weighted by Crippen LogP contribution is -2.42. The molecule has 1 aliphatic heterocycles. The second kappa shape index (κ2) is 7.83. The van der Waals surface area contributed by atoms with Crippen molar-refractivity contribution in [3.05, 3.63) is 45.0 Å². The Morgan fingerprint density at radius 3 is 2.82 bits per heavy atom. The topological polar surface area (TPSA) is 71.7 Å². The third kappa shape index (κ3) is 3.63. The van der Waals surface area contributed by atoms with Gasteiger partial charge in [-0.25, -0.2) is 8.42 Å². The van der Waals surface area contributed by atoms with Gasteiger partial charge in [-0.15, -0.1) is 11.3 Å². The number of piperidine rings is 1. The van der Waals surface area contributed by atoms with E-state index in [0.717, 1.165) is 14.7 Å². The highest BCUT2D eigenvalue weighted by Crippen LogP contribution is 2.27. The highest BCUT2D eigenvalue weighted by atomic mass is 79.9. The summed E-state index contributed by atoms with van der Waals surface area (Å²) in [5.74, 6) is -0.679. The second-order valence-corrected chi connectivity index (χ2v) is 11.6. The first-order valence-corrected chi connectivity index (χ1v) is 12.7. The van der Waals surface area contributed by atoms with E-state index < -0.39 is 15.9 Å². The summed E-state index contributed by atoms with van der Waals surface area (Å²) < 4.78 is 31.2. The molecule has 148 valence electrons. The van der Waals surface area contributed by atoms with Crippen LogP contribution in [0.15, 0.2) is 49.4 Å². The maximum absolute atomic E-state index is 12.8. The van der Waals surface area contributed by atoms with Crippen LogP contribution in [0.4, 0.5) is 0 Å². The van der Waals surface area contributed by atoms with Gasteiger partial charge < -0.3 is 4.57 Å². The van der Waals surface area contributed by atoms with Gasteiger partial charge in [0.05, 0.1) is 16.1 Å². The Morgan fingerprint density at radius 1 is 1.29 bits per heavy atom. The van der Waals surface area contributed by atoms with Gasteiger partial charge in [0, 0.05) is 24.6 Å². The molecule has 0 aliphatic carbocycles. The van der Waals surface area contributed by atoms with E-state index in [1.54, 1.807) is 17.5 Å². The van der Waals surface area contributed by atoms with Crippen molar-refractivity contribution in [2.75, 3.05) is 13.1 Å². The van der Waals surface area contributed by atoms with Crippen molar-refractivity contribution in [3.8, 4) is 0 Å². The van der Waals surface area contributed by atoms with Crippen LogP contribution in [0.2, 0.25) is 0 Å². The van der Waals surface area contributed by atoms with Crippen molar-refractivity contribution < 1.29 is 13.2 Å². The smallest absolute Gasteiger partial charge is 0.252 e. The fourth-order valence-electron chi connectivity index (χ4n) is 3.35. The van der Waals surface area contributed by atoms with Crippen molar-refractivity contribution in [1.82, 2.24) is 8.87 Å². The number of carbonyl (C=O) groups excluding carboxylic acids is 1. The SMILES string of the molecule is Cn1c(=NC(=O)C2CCCN(S(=O)(=O)c3cccs3)C2)sc2cccc(Br)c21. The standard InChI is InChI=1S/C18H18BrN3O3S3/c1-21-16-13(19)6-2-7-14(16)27-18(21)20-17(23)12-5-3-9-22(11-12)28(24,25)15-8-4-10-26-15/h2,4,6-8,10,12H,3,5,9,11H2,1H3. The fraction of sp³-hybridized carbons (Fsp3) is 0.333.